The summed E-state index contributed by atoms with van der Waals surface area (Å²) < 4.78 is 26.5. The lowest BCUT2D eigenvalue weighted by Crippen LogP contribution is -2.04. The molecule has 0 aliphatic carbocycles. The van der Waals surface area contributed by atoms with Crippen LogP contribution in [0.4, 0.5) is 8.78 Å². The van der Waals surface area contributed by atoms with Crippen LogP contribution in [0.15, 0.2) is 42.5 Å². The highest BCUT2D eigenvalue weighted by Crippen LogP contribution is 2.15. The first-order valence-corrected chi connectivity index (χ1v) is 5.85. The molecule has 0 radical (unpaired) electrons. The van der Waals surface area contributed by atoms with E-state index in [1.807, 2.05) is 31.3 Å². The lowest BCUT2D eigenvalue weighted by Gasteiger charge is -2.05. The molecule has 0 unspecified atom stereocenters. The van der Waals surface area contributed by atoms with Gasteiger partial charge in [-0.15, -0.1) is 0 Å². The van der Waals surface area contributed by atoms with Gasteiger partial charge in [-0.05, 0) is 41.9 Å². The maximum absolute atomic E-state index is 13.5. The monoisotopic (exact) mass is 247 g/mol. The van der Waals surface area contributed by atoms with E-state index in [1.54, 1.807) is 0 Å². The molecule has 1 N–H and O–H groups in total. The molecule has 0 bridgehead atoms. The fraction of sp³-hybridized carbons (Fsp3) is 0.200. The first kappa shape index (κ1) is 12.7. The van der Waals surface area contributed by atoms with E-state index >= 15 is 0 Å². The molecular weight excluding hydrogens is 232 g/mol. The van der Waals surface area contributed by atoms with Gasteiger partial charge < -0.3 is 5.32 Å². The quantitative estimate of drug-likeness (QED) is 0.874. The van der Waals surface area contributed by atoms with E-state index < -0.39 is 5.82 Å². The van der Waals surface area contributed by atoms with Crippen molar-refractivity contribution in [2.75, 3.05) is 7.05 Å². The SMILES string of the molecule is CNCc1ccc(Cc2cc(F)ccc2F)cc1. The van der Waals surface area contributed by atoms with Crippen LogP contribution in [0, 0.1) is 11.6 Å². The Kier molecular flexibility index (Phi) is 4.05. The standard InChI is InChI=1S/C15H15F2N/c1-18-10-12-4-2-11(3-5-12)8-13-9-14(16)6-7-15(13)17/h2-7,9,18H,8,10H2,1H3. The molecule has 2 aromatic carbocycles. The second-order valence-electron chi connectivity index (χ2n) is 4.26. The molecule has 0 aliphatic heterocycles. The number of hydrogen-bond acceptors (Lipinski definition) is 1. The van der Waals surface area contributed by atoms with Crippen molar-refractivity contribution in [1.82, 2.24) is 5.32 Å². The molecule has 3 heteroatoms. The van der Waals surface area contributed by atoms with Crippen molar-refractivity contribution in [2.45, 2.75) is 13.0 Å². The van der Waals surface area contributed by atoms with Gasteiger partial charge in [-0.25, -0.2) is 8.78 Å². The molecule has 94 valence electrons. The lowest BCUT2D eigenvalue weighted by atomic mass is 10.0. The van der Waals surface area contributed by atoms with Crippen LogP contribution in [0.25, 0.3) is 0 Å². The maximum atomic E-state index is 13.5. The van der Waals surface area contributed by atoms with Crippen molar-refractivity contribution >= 4 is 0 Å². The number of rotatable bonds is 4. The highest BCUT2D eigenvalue weighted by molar-refractivity contribution is 5.29. The largest absolute Gasteiger partial charge is 0.316 e. The zero-order valence-electron chi connectivity index (χ0n) is 10.2. The Morgan fingerprint density at radius 1 is 0.944 bits per heavy atom. The van der Waals surface area contributed by atoms with Crippen LogP contribution in [0.5, 0.6) is 0 Å². The highest BCUT2D eigenvalue weighted by Gasteiger charge is 2.05. The first-order valence-electron chi connectivity index (χ1n) is 5.85. The number of halogens is 2. The van der Waals surface area contributed by atoms with Gasteiger partial charge in [-0.3, -0.25) is 0 Å². The normalized spacial score (nSPS) is 10.6. The van der Waals surface area contributed by atoms with Gasteiger partial charge in [0.15, 0.2) is 0 Å². The third-order valence-corrected chi connectivity index (χ3v) is 2.81. The molecule has 0 aromatic heterocycles. The van der Waals surface area contributed by atoms with Crippen LogP contribution in [-0.4, -0.2) is 7.05 Å². The van der Waals surface area contributed by atoms with Crippen LogP contribution >= 0.6 is 0 Å². The second-order valence-corrected chi connectivity index (χ2v) is 4.26. The van der Waals surface area contributed by atoms with E-state index in [4.69, 9.17) is 0 Å². The third-order valence-electron chi connectivity index (χ3n) is 2.81. The van der Waals surface area contributed by atoms with Crippen molar-refractivity contribution in [2.24, 2.45) is 0 Å². The van der Waals surface area contributed by atoms with E-state index in [1.165, 1.54) is 17.7 Å². The predicted molar refractivity (Wildman–Crippen MR) is 68.4 cm³/mol. The molecule has 1 nitrogen and oxygen atoms in total. The zero-order chi connectivity index (χ0) is 13.0. The molecular formula is C15H15F2N. The van der Waals surface area contributed by atoms with Crippen LogP contribution < -0.4 is 5.32 Å². The Bertz CT molecular complexity index is 521. The summed E-state index contributed by atoms with van der Waals surface area (Å²) in [5.41, 5.74) is 2.52. The van der Waals surface area contributed by atoms with Crippen molar-refractivity contribution in [3.63, 3.8) is 0 Å². The zero-order valence-corrected chi connectivity index (χ0v) is 10.2. The van der Waals surface area contributed by atoms with Crippen molar-refractivity contribution in [3.8, 4) is 0 Å². The molecule has 18 heavy (non-hydrogen) atoms. The summed E-state index contributed by atoms with van der Waals surface area (Å²) in [6, 6.07) is 11.4. The molecule has 2 aromatic rings. The van der Waals surface area contributed by atoms with Gasteiger partial charge in [-0.1, -0.05) is 24.3 Å². The molecule has 0 saturated heterocycles. The van der Waals surface area contributed by atoms with Gasteiger partial charge in [0.25, 0.3) is 0 Å². The Morgan fingerprint density at radius 3 is 2.28 bits per heavy atom. The van der Waals surface area contributed by atoms with Crippen LogP contribution in [0.1, 0.15) is 16.7 Å². The Hall–Kier alpha value is -1.74. The molecule has 0 saturated carbocycles. The van der Waals surface area contributed by atoms with Gasteiger partial charge >= 0.3 is 0 Å². The molecule has 0 fully saturated rings. The van der Waals surface area contributed by atoms with Crippen LogP contribution in [0.3, 0.4) is 0 Å². The Morgan fingerprint density at radius 2 is 1.61 bits per heavy atom. The molecule has 0 heterocycles. The fourth-order valence-corrected chi connectivity index (χ4v) is 1.88. The summed E-state index contributed by atoms with van der Waals surface area (Å²) in [6.07, 6.45) is 0.406. The van der Waals surface area contributed by atoms with E-state index in [0.717, 1.165) is 18.2 Å². The van der Waals surface area contributed by atoms with Crippen molar-refractivity contribution in [3.05, 3.63) is 70.8 Å². The summed E-state index contributed by atoms with van der Waals surface area (Å²) in [5, 5.41) is 3.06. The van der Waals surface area contributed by atoms with E-state index in [9.17, 15) is 8.78 Å². The minimum Gasteiger partial charge on any atom is -0.316 e. The molecule has 0 amide bonds. The van der Waals surface area contributed by atoms with Gasteiger partial charge in [0.2, 0.25) is 0 Å². The van der Waals surface area contributed by atoms with E-state index in [0.29, 0.717) is 12.0 Å². The average molecular weight is 247 g/mol. The van der Waals surface area contributed by atoms with Crippen LogP contribution in [0.2, 0.25) is 0 Å². The lowest BCUT2D eigenvalue weighted by molar-refractivity contribution is 0.588. The molecule has 2 rings (SSSR count). The second kappa shape index (κ2) is 5.74. The van der Waals surface area contributed by atoms with Gasteiger partial charge in [0, 0.05) is 13.0 Å². The maximum Gasteiger partial charge on any atom is 0.126 e. The summed E-state index contributed by atoms with van der Waals surface area (Å²) in [5.74, 6) is -0.770. The molecule has 0 aliphatic rings. The highest BCUT2D eigenvalue weighted by atomic mass is 19.1. The number of nitrogens with one attached hydrogen (secondary N) is 1. The topological polar surface area (TPSA) is 12.0 Å². The molecule has 0 atom stereocenters. The fourth-order valence-electron chi connectivity index (χ4n) is 1.88. The number of hydrogen-bond donors (Lipinski definition) is 1. The minimum atomic E-state index is -0.404. The predicted octanol–water partition coefficient (Wildman–Crippen LogP) is 3.28. The summed E-state index contributed by atoms with van der Waals surface area (Å²) in [7, 11) is 1.88. The minimum absolute atomic E-state index is 0.365. The average Bonchev–Trinajstić information content (AvgIpc) is 2.37. The van der Waals surface area contributed by atoms with E-state index in [2.05, 4.69) is 5.32 Å². The van der Waals surface area contributed by atoms with Crippen LogP contribution in [-0.2, 0) is 13.0 Å². The first-order chi connectivity index (χ1) is 8.69. The summed E-state index contributed by atoms with van der Waals surface area (Å²) >= 11 is 0. The third kappa shape index (κ3) is 3.14. The molecule has 0 spiro atoms. The van der Waals surface area contributed by atoms with Gasteiger partial charge in [0.05, 0.1) is 0 Å². The Balaban J connectivity index is 2.15. The summed E-state index contributed by atoms with van der Waals surface area (Å²) in [6.45, 7) is 0.800. The van der Waals surface area contributed by atoms with Crippen molar-refractivity contribution < 1.29 is 8.78 Å². The van der Waals surface area contributed by atoms with Crippen molar-refractivity contribution in [1.29, 1.82) is 0 Å². The van der Waals surface area contributed by atoms with E-state index in [-0.39, 0.29) is 5.82 Å². The smallest absolute Gasteiger partial charge is 0.126 e. The van der Waals surface area contributed by atoms with Gasteiger partial charge in [0.1, 0.15) is 11.6 Å². The summed E-state index contributed by atoms with van der Waals surface area (Å²) in [4.78, 5) is 0. The Labute approximate surface area is 105 Å². The van der Waals surface area contributed by atoms with Gasteiger partial charge in [-0.2, -0.15) is 0 Å². The number of benzene rings is 2.